The van der Waals surface area contributed by atoms with Crippen LogP contribution in [0.2, 0.25) is 0 Å². The van der Waals surface area contributed by atoms with E-state index in [1.165, 1.54) is 6.92 Å². The zero-order valence-corrected chi connectivity index (χ0v) is 10.6. The molecule has 0 bridgehead atoms. The summed E-state index contributed by atoms with van der Waals surface area (Å²) in [6, 6.07) is 6.56. The highest BCUT2D eigenvalue weighted by molar-refractivity contribution is 6.01. The lowest BCUT2D eigenvalue weighted by molar-refractivity contribution is -0.123. The van der Waals surface area contributed by atoms with E-state index < -0.39 is 23.9 Å². The summed E-state index contributed by atoms with van der Waals surface area (Å²) >= 11 is 0. The van der Waals surface area contributed by atoms with Gasteiger partial charge in [0.1, 0.15) is 16.9 Å². The number of nitrogens with two attached hydrogens (primary N) is 1. The summed E-state index contributed by atoms with van der Waals surface area (Å²) < 4.78 is 10.3. The van der Waals surface area contributed by atoms with E-state index in [2.05, 4.69) is 0 Å². The zero-order chi connectivity index (χ0) is 14.7. The Morgan fingerprint density at radius 1 is 1.35 bits per heavy atom. The van der Waals surface area contributed by atoms with E-state index in [-0.39, 0.29) is 16.9 Å². The van der Waals surface area contributed by atoms with Gasteiger partial charge in [-0.3, -0.25) is 15.0 Å². The Morgan fingerprint density at radius 2 is 2.05 bits per heavy atom. The van der Waals surface area contributed by atoms with E-state index in [4.69, 9.17) is 15.0 Å². The topological polar surface area (TPSA) is 112 Å². The van der Waals surface area contributed by atoms with Gasteiger partial charge in [-0.15, -0.1) is 0 Å². The maximum atomic E-state index is 11.8. The molecule has 0 atom stereocenters. The number of rotatable bonds is 4. The molecule has 7 heteroatoms. The van der Waals surface area contributed by atoms with Crippen LogP contribution in [0.5, 0.6) is 5.75 Å². The monoisotopic (exact) mass is 276 g/mol. The standard InChI is InChI=1S/C13H12N2O5/c1-7(16)11-12(19-6-10(17)15-14)8-4-2-3-5-9(8)20-13(11)18/h2-5H,6,14H2,1H3,(H,15,17). The highest BCUT2D eigenvalue weighted by Crippen LogP contribution is 2.27. The number of hydrazine groups is 1. The number of ketones is 1. The largest absolute Gasteiger partial charge is 0.482 e. The van der Waals surface area contributed by atoms with Gasteiger partial charge in [-0.05, 0) is 19.1 Å². The van der Waals surface area contributed by atoms with Crippen LogP contribution in [-0.2, 0) is 4.79 Å². The fraction of sp³-hybridized carbons (Fsp3) is 0.154. The van der Waals surface area contributed by atoms with Gasteiger partial charge in [-0.25, -0.2) is 10.6 Å². The minimum absolute atomic E-state index is 0.0213. The predicted octanol–water partition coefficient (Wildman–Crippen LogP) is 0.364. The van der Waals surface area contributed by atoms with Crippen LogP contribution >= 0.6 is 0 Å². The van der Waals surface area contributed by atoms with Crippen LogP contribution in [0.15, 0.2) is 33.5 Å². The van der Waals surface area contributed by atoms with Crippen LogP contribution in [-0.4, -0.2) is 18.3 Å². The third kappa shape index (κ3) is 2.52. The first-order valence-corrected chi connectivity index (χ1v) is 5.73. The van der Waals surface area contributed by atoms with Crippen molar-refractivity contribution in [2.45, 2.75) is 6.92 Å². The minimum atomic E-state index is -0.806. The van der Waals surface area contributed by atoms with Gasteiger partial charge in [-0.1, -0.05) is 12.1 Å². The van der Waals surface area contributed by atoms with Gasteiger partial charge in [0.2, 0.25) is 0 Å². The number of Topliss-reactive ketones (excluding diaryl/α,β-unsaturated/α-hetero) is 1. The van der Waals surface area contributed by atoms with Crippen molar-refractivity contribution in [3.63, 3.8) is 0 Å². The molecule has 0 radical (unpaired) electrons. The third-order valence-corrected chi connectivity index (χ3v) is 2.63. The molecule has 0 saturated heterocycles. The number of hydrogen-bond donors (Lipinski definition) is 2. The average molecular weight is 276 g/mol. The van der Waals surface area contributed by atoms with Gasteiger partial charge in [0.25, 0.3) is 5.91 Å². The number of nitrogens with one attached hydrogen (secondary N) is 1. The summed E-state index contributed by atoms with van der Waals surface area (Å²) in [5, 5.41) is 0.433. The molecule has 0 aliphatic heterocycles. The highest BCUT2D eigenvalue weighted by Gasteiger charge is 2.20. The lowest BCUT2D eigenvalue weighted by Crippen LogP contribution is -2.34. The molecular weight excluding hydrogens is 264 g/mol. The Morgan fingerprint density at radius 3 is 2.70 bits per heavy atom. The summed E-state index contributed by atoms with van der Waals surface area (Å²) in [6.45, 7) is 0.807. The van der Waals surface area contributed by atoms with Crippen LogP contribution in [0, 0.1) is 0 Å². The minimum Gasteiger partial charge on any atom is -0.482 e. The molecule has 1 aromatic heterocycles. The van der Waals surface area contributed by atoms with Gasteiger partial charge >= 0.3 is 5.63 Å². The van der Waals surface area contributed by atoms with E-state index in [9.17, 15) is 14.4 Å². The maximum absolute atomic E-state index is 11.8. The number of carbonyl (C=O) groups is 2. The maximum Gasteiger partial charge on any atom is 0.351 e. The Kier molecular flexibility index (Phi) is 3.81. The SMILES string of the molecule is CC(=O)c1c(OCC(=O)NN)c2ccccc2oc1=O. The Balaban J connectivity index is 2.63. The van der Waals surface area contributed by atoms with Crippen molar-refractivity contribution in [3.05, 3.63) is 40.2 Å². The Hall–Kier alpha value is -2.67. The van der Waals surface area contributed by atoms with Gasteiger partial charge in [0.15, 0.2) is 12.4 Å². The summed E-state index contributed by atoms with van der Waals surface area (Å²) in [5.41, 5.74) is 1.13. The van der Waals surface area contributed by atoms with Crippen molar-refractivity contribution in [2.24, 2.45) is 5.84 Å². The molecule has 2 aromatic rings. The highest BCUT2D eigenvalue weighted by atomic mass is 16.5. The summed E-state index contributed by atoms with van der Waals surface area (Å²) in [4.78, 5) is 34.5. The Labute approximate surface area is 113 Å². The van der Waals surface area contributed by atoms with Crippen molar-refractivity contribution in [2.75, 3.05) is 6.61 Å². The number of benzene rings is 1. The first kappa shape index (κ1) is 13.8. The normalized spacial score (nSPS) is 10.3. The van der Waals surface area contributed by atoms with E-state index >= 15 is 0 Å². The molecule has 104 valence electrons. The third-order valence-electron chi connectivity index (χ3n) is 2.63. The molecule has 0 unspecified atom stereocenters. The molecule has 7 nitrogen and oxygen atoms in total. The number of fused-ring (bicyclic) bond motifs is 1. The van der Waals surface area contributed by atoms with E-state index in [1.807, 2.05) is 5.43 Å². The fourth-order valence-corrected chi connectivity index (χ4v) is 1.75. The van der Waals surface area contributed by atoms with Crippen LogP contribution in [0.3, 0.4) is 0 Å². The number of para-hydroxylation sites is 1. The zero-order valence-electron chi connectivity index (χ0n) is 10.6. The molecule has 0 spiro atoms. The molecule has 2 rings (SSSR count). The number of carbonyl (C=O) groups excluding carboxylic acids is 2. The average Bonchev–Trinajstić information content (AvgIpc) is 2.43. The fourth-order valence-electron chi connectivity index (χ4n) is 1.75. The number of amides is 1. The Bertz CT molecular complexity index is 735. The number of hydrogen-bond acceptors (Lipinski definition) is 6. The van der Waals surface area contributed by atoms with Crippen molar-refractivity contribution in [1.29, 1.82) is 0 Å². The smallest absolute Gasteiger partial charge is 0.351 e. The van der Waals surface area contributed by atoms with Crippen LogP contribution in [0.1, 0.15) is 17.3 Å². The first-order chi connectivity index (χ1) is 9.54. The second-order valence-corrected chi connectivity index (χ2v) is 4.00. The molecular formula is C13H12N2O5. The van der Waals surface area contributed by atoms with Crippen molar-refractivity contribution in [1.82, 2.24) is 5.43 Å². The molecule has 0 fully saturated rings. The second-order valence-electron chi connectivity index (χ2n) is 4.00. The molecule has 0 aliphatic rings. The molecule has 1 heterocycles. The van der Waals surface area contributed by atoms with Gasteiger partial charge < -0.3 is 9.15 Å². The molecule has 3 N–H and O–H groups in total. The first-order valence-electron chi connectivity index (χ1n) is 5.73. The quantitative estimate of drug-likeness (QED) is 0.274. The summed E-state index contributed by atoms with van der Waals surface area (Å²) in [7, 11) is 0. The van der Waals surface area contributed by atoms with Crippen LogP contribution in [0.25, 0.3) is 11.0 Å². The molecule has 1 aromatic carbocycles. The van der Waals surface area contributed by atoms with Crippen molar-refractivity contribution < 1.29 is 18.7 Å². The van der Waals surface area contributed by atoms with Gasteiger partial charge in [-0.2, -0.15) is 0 Å². The molecule has 0 saturated carbocycles. The van der Waals surface area contributed by atoms with E-state index in [0.29, 0.717) is 5.39 Å². The number of ether oxygens (including phenoxy) is 1. The molecule has 0 aliphatic carbocycles. The molecule has 20 heavy (non-hydrogen) atoms. The molecule has 1 amide bonds. The van der Waals surface area contributed by atoms with Crippen LogP contribution < -0.4 is 21.6 Å². The van der Waals surface area contributed by atoms with Crippen molar-refractivity contribution >= 4 is 22.7 Å². The summed E-state index contributed by atoms with van der Waals surface area (Å²) in [5.74, 6) is 3.88. The van der Waals surface area contributed by atoms with Crippen molar-refractivity contribution in [3.8, 4) is 5.75 Å². The van der Waals surface area contributed by atoms with E-state index in [1.54, 1.807) is 24.3 Å². The second kappa shape index (κ2) is 5.54. The summed E-state index contributed by atoms with van der Waals surface area (Å²) in [6.07, 6.45) is 0. The van der Waals surface area contributed by atoms with Crippen LogP contribution in [0.4, 0.5) is 0 Å². The van der Waals surface area contributed by atoms with Gasteiger partial charge in [0, 0.05) is 0 Å². The lowest BCUT2D eigenvalue weighted by atomic mass is 10.1. The predicted molar refractivity (Wildman–Crippen MR) is 70.3 cm³/mol. The van der Waals surface area contributed by atoms with Gasteiger partial charge in [0.05, 0.1) is 5.39 Å². The van der Waals surface area contributed by atoms with E-state index in [0.717, 1.165) is 0 Å². The lowest BCUT2D eigenvalue weighted by Gasteiger charge is -2.10.